The Kier molecular flexibility index (Phi) is 8.94. The molecule has 0 aliphatic carbocycles. The van der Waals surface area contributed by atoms with Crippen LogP contribution in [0.3, 0.4) is 0 Å². The van der Waals surface area contributed by atoms with E-state index in [0.29, 0.717) is 24.3 Å². The number of benzene rings is 2. The Balaban J connectivity index is 1.49. The number of para-hydroxylation sites is 1. The molecule has 2 fully saturated rings. The Morgan fingerprint density at radius 1 is 1.21 bits per heavy atom. The van der Waals surface area contributed by atoms with Crippen LogP contribution >= 0.6 is 11.8 Å². The highest BCUT2D eigenvalue weighted by Gasteiger charge is 2.56. The number of nitrogens with zero attached hydrogens (tertiary/aromatic N) is 3. The van der Waals surface area contributed by atoms with Crippen molar-refractivity contribution in [1.29, 1.82) is 0 Å². The zero-order valence-corrected chi connectivity index (χ0v) is 21.8. The predicted octanol–water partition coefficient (Wildman–Crippen LogP) is 2.03. The number of hydrogen-bond acceptors (Lipinski definition) is 10. The average Bonchev–Trinajstić information content (AvgIpc) is 3.48. The molecule has 0 radical (unpaired) electrons. The van der Waals surface area contributed by atoms with Gasteiger partial charge in [-0.2, -0.15) is 0 Å². The number of ketones is 1. The predicted molar refractivity (Wildman–Crippen MR) is 139 cm³/mol. The van der Waals surface area contributed by atoms with Crippen molar-refractivity contribution in [3.05, 3.63) is 70.3 Å². The Labute approximate surface area is 228 Å². The van der Waals surface area contributed by atoms with Crippen LogP contribution < -0.4 is 4.90 Å². The van der Waals surface area contributed by atoms with Gasteiger partial charge in [0, 0.05) is 31.4 Å². The number of hydrogen-bond donors (Lipinski definition) is 1. The number of amides is 2. The fourth-order valence-electron chi connectivity index (χ4n) is 4.41. The molecule has 39 heavy (non-hydrogen) atoms. The number of esters is 1. The molecule has 13 heteroatoms. The highest BCUT2D eigenvalue weighted by Crippen LogP contribution is 2.38. The molecule has 206 valence electrons. The molecule has 2 aliphatic heterocycles. The first-order chi connectivity index (χ1) is 18.7. The molecular formula is C26H27N3O9S. The molecule has 1 N–H and O–H groups in total. The van der Waals surface area contributed by atoms with Gasteiger partial charge in [-0.05, 0) is 42.7 Å². The first-order valence-electron chi connectivity index (χ1n) is 12.2. The Bertz CT molecular complexity index is 1230. The van der Waals surface area contributed by atoms with E-state index in [4.69, 9.17) is 9.47 Å². The number of aliphatic hydroxyl groups excluding tert-OH is 1. The second-order valence-corrected chi connectivity index (χ2v) is 10.1. The second kappa shape index (κ2) is 12.4. The number of likely N-dealkylation sites (tertiary alicyclic amines) is 1. The summed E-state index contributed by atoms with van der Waals surface area (Å²) in [4.78, 5) is 63.7. The van der Waals surface area contributed by atoms with Crippen molar-refractivity contribution in [2.24, 2.45) is 0 Å². The van der Waals surface area contributed by atoms with E-state index in [9.17, 15) is 34.4 Å². The highest BCUT2D eigenvalue weighted by atomic mass is 32.2. The van der Waals surface area contributed by atoms with Crippen LogP contribution in [0.4, 0.5) is 11.4 Å². The van der Waals surface area contributed by atoms with Gasteiger partial charge in [0.05, 0.1) is 10.7 Å². The summed E-state index contributed by atoms with van der Waals surface area (Å²) in [5.41, 5.74) is 0.761. The SMILES string of the molecule is CC(=O)N(c1ccccc1)C1C(=O)N(C(O)C(=O)OCc2ccc([N+](=O)[O-])cc2)C1SCC(=O)C1CCCO1. The van der Waals surface area contributed by atoms with E-state index in [1.165, 1.54) is 36.1 Å². The van der Waals surface area contributed by atoms with E-state index in [0.717, 1.165) is 23.1 Å². The summed E-state index contributed by atoms with van der Waals surface area (Å²) in [6.45, 7) is 1.50. The number of rotatable bonds is 11. The number of thioether (sulfide) groups is 1. The van der Waals surface area contributed by atoms with E-state index in [1.807, 2.05) is 0 Å². The van der Waals surface area contributed by atoms with Crippen LogP contribution in [0.2, 0.25) is 0 Å². The highest BCUT2D eigenvalue weighted by molar-refractivity contribution is 8.00. The molecule has 2 heterocycles. The largest absolute Gasteiger partial charge is 0.457 e. The minimum absolute atomic E-state index is 0.0549. The molecule has 0 bridgehead atoms. The third-order valence-corrected chi connectivity index (χ3v) is 7.67. The summed E-state index contributed by atoms with van der Waals surface area (Å²) in [6, 6.07) is 12.7. The van der Waals surface area contributed by atoms with Crippen molar-refractivity contribution < 1.29 is 38.7 Å². The third-order valence-electron chi connectivity index (χ3n) is 6.39. The number of carbonyl (C=O) groups is 4. The number of ether oxygens (including phenoxy) is 2. The lowest BCUT2D eigenvalue weighted by molar-refractivity contribution is -0.384. The molecule has 4 atom stereocenters. The van der Waals surface area contributed by atoms with Crippen LogP contribution in [0.1, 0.15) is 25.3 Å². The van der Waals surface area contributed by atoms with Crippen LogP contribution in [0.15, 0.2) is 54.6 Å². The molecular weight excluding hydrogens is 530 g/mol. The van der Waals surface area contributed by atoms with E-state index in [1.54, 1.807) is 30.3 Å². The van der Waals surface area contributed by atoms with Gasteiger partial charge in [-0.1, -0.05) is 18.2 Å². The number of Topliss-reactive ketones (excluding diaryl/α,β-unsaturated/α-hetero) is 1. The number of nitro benzene ring substituents is 1. The van der Waals surface area contributed by atoms with E-state index in [2.05, 4.69) is 0 Å². The Hall–Kier alpha value is -3.81. The summed E-state index contributed by atoms with van der Waals surface area (Å²) in [5.74, 6) is -2.47. The molecule has 0 saturated carbocycles. The van der Waals surface area contributed by atoms with Gasteiger partial charge in [0.15, 0.2) is 5.78 Å². The van der Waals surface area contributed by atoms with Gasteiger partial charge in [-0.25, -0.2) is 4.79 Å². The van der Waals surface area contributed by atoms with Gasteiger partial charge < -0.3 is 14.6 Å². The normalized spacial score (nSPS) is 21.1. The maximum atomic E-state index is 13.3. The maximum absolute atomic E-state index is 13.3. The van der Waals surface area contributed by atoms with Crippen LogP contribution in [-0.2, 0) is 35.3 Å². The molecule has 0 aromatic heterocycles. The summed E-state index contributed by atoms with van der Waals surface area (Å²) in [7, 11) is 0. The standard InChI is InChI=1S/C26H27N3O9S/c1-16(30)27(18-6-3-2-4-7-18)22-23(32)28(25(22)39-15-20(31)21-8-5-13-37-21)24(33)26(34)38-14-17-9-11-19(12-10-17)29(35)36/h2-4,6-7,9-12,21-22,24-25,33H,5,8,13-15H2,1H3. The van der Waals surface area contributed by atoms with Crippen molar-refractivity contribution in [2.75, 3.05) is 17.3 Å². The Morgan fingerprint density at radius 3 is 2.49 bits per heavy atom. The number of nitro groups is 1. The molecule has 12 nitrogen and oxygen atoms in total. The quantitative estimate of drug-likeness (QED) is 0.188. The lowest BCUT2D eigenvalue weighted by atomic mass is 10.0. The molecule has 0 spiro atoms. The molecule has 2 aromatic rings. The van der Waals surface area contributed by atoms with Gasteiger partial charge in [-0.3, -0.25) is 34.3 Å². The zero-order chi connectivity index (χ0) is 28.1. The Morgan fingerprint density at radius 2 is 1.90 bits per heavy atom. The topological polar surface area (TPSA) is 157 Å². The lowest BCUT2D eigenvalue weighted by Crippen LogP contribution is -2.74. The summed E-state index contributed by atoms with van der Waals surface area (Å²) in [5, 5.41) is 20.7. The molecule has 2 saturated heterocycles. The van der Waals surface area contributed by atoms with Crippen molar-refractivity contribution in [3.8, 4) is 0 Å². The maximum Gasteiger partial charge on any atom is 0.356 e. The number of β-lactam (4-membered cyclic amide) rings is 1. The third kappa shape index (κ3) is 6.27. The average molecular weight is 558 g/mol. The number of non-ortho nitro benzene ring substituents is 1. The van der Waals surface area contributed by atoms with E-state index >= 15 is 0 Å². The zero-order valence-electron chi connectivity index (χ0n) is 21.0. The number of carbonyl (C=O) groups excluding carboxylic acids is 4. The van der Waals surface area contributed by atoms with E-state index < -0.39 is 46.5 Å². The molecule has 2 amide bonds. The van der Waals surface area contributed by atoms with Crippen LogP contribution in [0.5, 0.6) is 0 Å². The van der Waals surface area contributed by atoms with Gasteiger partial charge in [0.2, 0.25) is 12.1 Å². The summed E-state index contributed by atoms with van der Waals surface area (Å²) >= 11 is 1.03. The fourth-order valence-corrected chi connectivity index (χ4v) is 5.74. The van der Waals surface area contributed by atoms with Crippen LogP contribution in [0, 0.1) is 10.1 Å². The summed E-state index contributed by atoms with van der Waals surface area (Å²) in [6.07, 6.45) is -1.18. The van der Waals surface area contributed by atoms with Crippen molar-refractivity contribution in [3.63, 3.8) is 0 Å². The smallest absolute Gasteiger partial charge is 0.356 e. The van der Waals surface area contributed by atoms with Crippen LogP contribution in [0.25, 0.3) is 0 Å². The first kappa shape index (κ1) is 28.2. The minimum atomic E-state index is -1.99. The lowest BCUT2D eigenvalue weighted by Gasteiger charge is -2.51. The van der Waals surface area contributed by atoms with Gasteiger partial charge in [0.25, 0.3) is 11.6 Å². The van der Waals surface area contributed by atoms with Crippen LogP contribution in [-0.4, -0.2) is 74.6 Å². The van der Waals surface area contributed by atoms with Crippen molar-refractivity contribution in [1.82, 2.24) is 4.90 Å². The van der Waals surface area contributed by atoms with Gasteiger partial charge >= 0.3 is 5.97 Å². The molecule has 4 rings (SSSR count). The second-order valence-electron chi connectivity index (χ2n) is 8.99. The summed E-state index contributed by atoms with van der Waals surface area (Å²) < 4.78 is 10.6. The van der Waals surface area contributed by atoms with Crippen molar-refractivity contribution in [2.45, 2.75) is 50.1 Å². The van der Waals surface area contributed by atoms with E-state index in [-0.39, 0.29) is 23.8 Å². The molecule has 4 unspecified atom stereocenters. The van der Waals surface area contributed by atoms with Gasteiger partial charge in [-0.15, -0.1) is 11.8 Å². The number of anilines is 1. The monoisotopic (exact) mass is 557 g/mol. The van der Waals surface area contributed by atoms with Crippen molar-refractivity contribution >= 4 is 46.7 Å². The molecule has 2 aromatic carbocycles. The fraction of sp³-hybridized carbons (Fsp3) is 0.385. The minimum Gasteiger partial charge on any atom is -0.457 e. The van der Waals surface area contributed by atoms with Gasteiger partial charge in [0.1, 0.15) is 24.1 Å². The number of aliphatic hydroxyl groups is 1. The first-order valence-corrected chi connectivity index (χ1v) is 13.2. The molecule has 2 aliphatic rings.